The van der Waals surface area contributed by atoms with Crippen LogP contribution in [0.3, 0.4) is 0 Å². The molecule has 90 valence electrons. The zero-order chi connectivity index (χ0) is 12.6. The monoisotopic (exact) mass is 325 g/mol. The average Bonchev–Trinajstić information content (AvgIpc) is 2.21. The van der Waals surface area contributed by atoms with Gasteiger partial charge in [0.25, 0.3) is 0 Å². The predicted octanol–water partition coefficient (Wildman–Crippen LogP) is 4.55. The molecule has 2 rings (SSSR count). The van der Waals surface area contributed by atoms with Crippen molar-refractivity contribution in [2.24, 2.45) is 0 Å². The van der Waals surface area contributed by atoms with Gasteiger partial charge >= 0.3 is 6.36 Å². The summed E-state index contributed by atoms with van der Waals surface area (Å²) in [5.74, 6) is -0.371. The van der Waals surface area contributed by atoms with E-state index in [1.165, 1.54) is 6.07 Å². The van der Waals surface area contributed by atoms with Crippen molar-refractivity contribution in [2.75, 3.05) is 0 Å². The number of alkyl halides is 3. The van der Waals surface area contributed by atoms with Gasteiger partial charge in [-0.2, -0.15) is 0 Å². The van der Waals surface area contributed by atoms with Crippen LogP contribution >= 0.6 is 27.5 Å². The molecule has 0 fully saturated rings. The van der Waals surface area contributed by atoms with Gasteiger partial charge in [0.15, 0.2) is 5.75 Å². The number of aromatic nitrogens is 1. The van der Waals surface area contributed by atoms with Crippen LogP contribution in [0.4, 0.5) is 13.2 Å². The van der Waals surface area contributed by atoms with Gasteiger partial charge in [0.2, 0.25) is 0 Å². The summed E-state index contributed by atoms with van der Waals surface area (Å²) in [5, 5.41) is 0.768. The lowest BCUT2D eigenvalue weighted by molar-refractivity contribution is -0.274. The number of hydrogen-bond donors (Lipinski definition) is 0. The van der Waals surface area contributed by atoms with E-state index in [0.29, 0.717) is 9.86 Å². The highest BCUT2D eigenvalue weighted by molar-refractivity contribution is 9.10. The molecule has 0 bridgehead atoms. The smallest absolute Gasteiger partial charge is 0.403 e. The summed E-state index contributed by atoms with van der Waals surface area (Å²) in [6, 6.07) is 4.66. The van der Waals surface area contributed by atoms with E-state index in [9.17, 15) is 13.2 Å². The molecule has 1 aromatic heterocycles. The van der Waals surface area contributed by atoms with Crippen LogP contribution in [0.1, 0.15) is 0 Å². The van der Waals surface area contributed by atoms with Gasteiger partial charge in [0.1, 0.15) is 5.15 Å². The number of hydrogen-bond acceptors (Lipinski definition) is 2. The maximum absolute atomic E-state index is 12.2. The van der Waals surface area contributed by atoms with Gasteiger partial charge < -0.3 is 4.74 Å². The van der Waals surface area contributed by atoms with Crippen molar-refractivity contribution in [3.05, 3.63) is 34.0 Å². The number of pyridine rings is 1. The molecular weight excluding hydrogens is 322 g/mol. The minimum Gasteiger partial charge on any atom is -0.403 e. The first-order chi connectivity index (χ1) is 7.87. The van der Waals surface area contributed by atoms with Gasteiger partial charge in [-0.3, -0.25) is 0 Å². The van der Waals surface area contributed by atoms with Crippen LogP contribution in [0, 0.1) is 0 Å². The third-order valence-electron chi connectivity index (χ3n) is 1.99. The molecule has 0 radical (unpaired) electrons. The van der Waals surface area contributed by atoms with E-state index in [2.05, 4.69) is 25.7 Å². The lowest BCUT2D eigenvalue weighted by Gasteiger charge is -2.11. The maximum Gasteiger partial charge on any atom is 0.573 e. The lowest BCUT2D eigenvalue weighted by atomic mass is 10.2. The van der Waals surface area contributed by atoms with Crippen molar-refractivity contribution < 1.29 is 17.9 Å². The van der Waals surface area contributed by atoms with Crippen LogP contribution < -0.4 is 4.74 Å². The Kier molecular flexibility index (Phi) is 3.18. The molecule has 0 saturated heterocycles. The highest BCUT2D eigenvalue weighted by Crippen LogP contribution is 2.34. The summed E-state index contributed by atoms with van der Waals surface area (Å²) < 4.78 is 41.0. The van der Waals surface area contributed by atoms with Crippen LogP contribution in [0.25, 0.3) is 10.8 Å². The molecule has 0 aliphatic rings. The first-order valence-electron chi connectivity index (χ1n) is 4.36. The third-order valence-corrected chi connectivity index (χ3v) is 2.78. The lowest BCUT2D eigenvalue weighted by Crippen LogP contribution is -2.17. The Morgan fingerprint density at radius 2 is 1.94 bits per heavy atom. The fraction of sp³-hybridized carbons (Fsp3) is 0.100. The molecule has 0 N–H and O–H groups in total. The number of nitrogens with zero attached hydrogens (tertiary/aromatic N) is 1. The second-order valence-electron chi connectivity index (χ2n) is 3.15. The van der Waals surface area contributed by atoms with Gasteiger partial charge in [-0.05, 0) is 18.2 Å². The molecule has 1 heterocycles. The third kappa shape index (κ3) is 2.81. The van der Waals surface area contributed by atoms with E-state index in [1.807, 2.05) is 0 Å². The molecule has 0 saturated carbocycles. The van der Waals surface area contributed by atoms with Gasteiger partial charge in [0.05, 0.1) is 6.20 Å². The van der Waals surface area contributed by atoms with Crippen molar-refractivity contribution in [2.45, 2.75) is 6.36 Å². The molecule has 2 aromatic rings. The molecule has 2 nitrogen and oxygen atoms in total. The summed E-state index contributed by atoms with van der Waals surface area (Å²) in [6.45, 7) is 0. The van der Waals surface area contributed by atoms with Crippen molar-refractivity contribution in [3.63, 3.8) is 0 Å². The topological polar surface area (TPSA) is 22.1 Å². The van der Waals surface area contributed by atoms with E-state index < -0.39 is 6.36 Å². The summed E-state index contributed by atoms with van der Waals surface area (Å²) >= 11 is 9.01. The molecule has 0 atom stereocenters. The maximum atomic E-state index is 12.2. The number of fused-ring (bicyclic) bond motifs is 1. The average molecular weight is 326 g/mol. The zero-order valence-corrected chi connectivity index (χ0v) is 10.4. The standard InChI is InChI=1S/C10H4BrClF3NO/c11-5-1-2-6-7(3-5)9(12)16-4-8(6)17-10(13,14)15/h1-4H. The second kappa shape index (κ2) is 4.34. The van der Waals surface area contributed by atoms with Gasteiger partial charge in [0, 0.05) is 15.2 Å². The van der Waals surface area contributed by atoms with Crippen LogP contribution in [-0.4, -0.2) is 11.3 Å². The largest absolute Gasteiger partial charge is 0.573 e. The highest BCUT2D eigenvalue weighted by Gasteiger charge is 2.32. The Morgan fingerprint density at radius 3 is 2.59 bits per heavy atom. The normalized spacial score (nSPS) is 11.8. The van der Waals surface area contributed by atoms with Crippen molar-refractivity contribution in [3.8, 4) is 5.75 Å². The van der Waals surface area contributed by atoms with Crippen LogP contribution in [0.2, 0.25) is 5.15 Å². The molecule has 0 aliphatic carbocycles. The van der Waals surface area contributed by atoms with Crippen molar-refractivity contribution >= 4 is 38.3 Å². The minimum atomic E-state index is -4.75. The summed E-state index contributed by atoms with van der Waals surface area (Å²) in [7, 11) is 0. The fourth-order valence-electron chi connectivity index (χ4n) is 1.36. The summed E-state index contributed by atoms with van der Waals surface area (Å²) in [5.41, 5.74) is 0. The molecule has 0 unspecified atom stereocenters. The quantitative estimate of drug-likeness (QED) is 0.717. The van der Waals surface area contributed by atoms with Crippen molar-refractivity contribution in [1.29, 1.82) is 0 Å². The molecule has 0 spiro atoms. The van der Waals surface area contributed by atoms with Gasteiger partial charge in [-0.25, -0.2) is 4.98 Å². The van der Waals surface area contributed by atoms with Crippen LogP contribution in [0.15, 0.2) is 28.9 Å². The van der Waals surface area contributed by atoms with Gasteiger partial charge in [-0.15, -0.1) is 13.2 Å². The van der Waals surface area contributed by atoms with E-state index in [1.54, 1.807) is 12.1 Å². The molecule has 0 amide bonds. The minimum absolute atomic E-state index is 0.121. The predicted molar refractivity (Wildman–Crippen MR) is 61.1 cm³/mol. The number of benzene rings is 1. The second-order valence-corrected chi connectivity index (χ2v) is 4.42. The first-order valence-corrected chi connectivity index (χ1v) is 5.53. The summed E-state index contributed by atoms with van der Waals surface area (Å²) in [6.07, 6.45) is -3.80. The van der Waals surface area contributed by atoms with Crippen molar-refractivity contribution in [1.82, 2.24) is 4.98 Å². The SMILES string of the molecule is FC(F)(F)Oc1cnc(Cl)c2cc(Br)ccc12. The van der Waals surface area contributed by atoms with Crippen LogP contribution in [-0.2, 0) is 0 Å². The number of ether oxygens (including phenoxy) is 1. The molecule has 17 heavy (non-hydrogen) atoms. The van der Waals surface area contributed by atoms with E-state index >= 15 is 0 Å². The van der Waals surface area contributed by atoms with E-state index in [-0.39, 0.29) is 16.3 Å². The molecular formula is C10H4BrClF3NO. The van der Waals surface area contributed by atoms with Crippen LogP contribution in [0.5, 0.6) is 5.75 Å². The van der Waals surface area contributed by atoms with Gasteiger partial charge in [-0.1, -0.05) is 27.5 Å². The fourth-order valence-corrected chi connectivity index (χ4v) is 1.93. The Morgan fingerprint density at radius 1 is 1.24 bits per heavy atom. The zero-order valence-electron chi connectivity index (χ0n) is 8.05. The number of halogens is 5. The Hall–Kier alpha value is -1.01. The first kappa shape index (κ1) is 12.4. The Balaban J connectivity index is 2.62. The number of rotatable bonds is 1. The van der Waals surface area contributed by atoms with E-state index in [0.717, 1.165) is 6.20 Å². The molecule has 1 aromatic carbocycles. The molecule has 0 aliphatic heterocycles. The summed E-state index contributed by atoms with van der Waals surface area (Å²) in [4.78, 5) is 3.65. The molecule has 7 heteroatoms. The Bertz CT molecular complexity index is 573. The Labute approximate surface area is 107 Å². The van der Waals surface area contributed by atoms with E-state index in [4.69, 9.17) is 11.6 Å². The highest BCUT2D eigenvalue weighted by atomic mass is 79.9.